The number of carbonyl (C=O) groups is 1. The smallest absolute Gasteiger partial charge is 0.234 e. The molecule has 1 aromatic carbocycles. The third-order valence-corrected chi connectivity index (χ3v) is 4.14. The van der Waals surface area contributed by atoms with Gasteiger partial charge in [0.15, 0.2) is 5.09 Å². The summed E-state index contributed by atoms with van der Waals surface area (Å²) in [7, 11) is 0. The summed E-state index contributed by atoms with van der Waals surface area (Å²) in [4.78, 5) is 15.9. The molecule has 0 radical (unpaired) electrons. The third kappa shape index (κ3) is 4.23. The van der Waals surface area contributed by atoms with Gasteiger partial charge in [-0.05, 0) is 43.3 Å². The van der Waals surface area contributed by atoms with Crippen LogP contribution >= 0.6 is 11.8 Å². The minimum atomic E-state index is -0.0549. The predicted molar refractivity (Wildman–Crippen MR) is 92.5 cm³/mol. The summed E-state index contributed by atoms with van der Waals surface area (Å²) >= 11 is 1.37. The van der Waals surface area contributed by atoms with Gasteiger partial charge in [0.25, 0.3) is 0 Å². The Bertz CT molecular complexity index is 782. The highest BCUT2D eigenvalue weighted by molar-refractivity contribution is 7.99. The van der Waals surface area contributed by atoms with E-state index in [0.29, 0.717) is 5.75 Å². The zero-order valence-corrected chi connectivity index (χ0v) is 13.5. The van der Waals surface area contributed by atoms with Crippen LogP contribution in [0, 0.1) is 6.92 Å². The normalized spacial score (nSPS) is 10.5. The SMILES string of the molecule is Cc1ccc(NC(=O)CSc2ccc(-c3ccncc3)o2)cc1. The maximum Gasteiger partial charge on any atom is 0.234 e. The molecule has 23 heavy (non-hydrogen) atoms. The molecule has 0 aliphatic carbocycles. The van der Waals surface area contributed by atoms with E-state index in [9.17, 15) is 4.79 Å². The standard InChI is InChI=1S/C18H16N2O2S/c1-13-2-4-15(5-3-13)20-17(21)12-23-18-7-6-16(22-18)14-8-10-19-11-9-14/h2-11H,12H2,1H3,(H,20,21). The van der Waals surface area contributed by atoms with E-state index in [1.165, 1.54) is 11.8 Å². The molecule has 1 N–H and O–H groups in total. The first-order valence-electron chi connectivity index (χ1n) is 7.20. The Labute approximate surface area is 138 Å². The number of anilines is 1. The fourth-order valence-corrected chi connectivity index (χ4v) is 2.70. The lowest BCUT2D eigenvalue weighted by atomic mass is 10.2. The van der Waals surface area contributed by atoms with Crippen LogP contribution in [0.1, 0.15) is 5.56 Å². The summed E-state index contributed by atoms with van der Waals surface area (Å²) in [5, 5.41) is 3.59. The van der Waals surface area contributed by atoms with Crippen molar-refractivity contribution in [3.63, 3.8) is 0 Å². The molecule has 0 unspecified atom stereocenters. The van der Waals surface area contributed by atoms with Crippen LogP contribution in [0.3, 0.4) is 0 Å². The molecular weight excluding hydrogens is 308 g/mol. The Morgan fingerprint density at radius 3 is 2.57 bits per heavy atom. The Balaban J connectivity index is 1.55. The molecule has 116 valence electrons. The van der Waals surface area contributed by atoms with E-state index in [1.807, 2.05) is 55.5 Å². The van der Waals surface area contributed by atoms with Gasteiger partial charge in [-0.1, -0.05) is 29.5 Å². The lowest BCUT2D eigenvalue weighted by Gasteiger charge is -2.04. The number of aryl methyl sites for hydroxylation is 1. The van der Waals surface area contributed by atoms with Crippen molar-refractivity contribution in [2.45, 2.75) is 12.0 Å². The average Bonchev–Trinajstić information content (AvgIpc) is 3.05. The van der Waals surface area contributed by atoms with E-state index in [2.05, 4.69) is 10.3 Å². The molecule has 4 nitrogen and oxygen atoms in total. The summed E-state index contributed by atoms with van der Waals surface area (Å²) in [6, 6.07) is 15.3. The number of furan rings is 1. The van der Waals surface area contributed by atoms with Gasteiger partial charge in [0.05, 0.1) is 5.75 Å². The maximum absolute atomic E-state index is 12.0. The van der Waals surface area contributed by atoms with Gasteiger partial charge in [-0.25, -0.2) is 0 Å². The Morgan fingerprint density at radius 2 is 1.83 bits per heavy atom. The van der Waals surface area contributed by atoms with Gasteiger partial charge in [-0.2, -0.15) is 0 Å². The molecule has 3 aromatic rings. The van der Waals surface area contributed by atoms with E-state index in [0.717, 1.165) is 27.7 Å². The zero-order chi connectivity index (χ0) is 16.1. The molecule has 0 spiro atoms. The van der Waals surface area contributed by atoms with Crippen molar-refractivity contribution in [1.29, 1.82) is 0 Å². The molecule has 2 aromatic heterocycles. The van der Waals surface area contributed by atoms with Gasteiger partial charge >= 0.3 is 0 Å². The molecular formula is C18H16N2O2S. The van der Waals surface area contributed by atoms with Crippen LogP contribution in [0.5, 0.6) is 0 Å². The first kappa shape index (κ1) is 15.4. The maximum atomic E-state index is 12.0. The van der Waals surface area contributed by atoms with Crippen LogP contribution < -0.4 is 5.32 Å². The molecule has 0 aliphatic heterocycles. The highest BCUT2D eigenvalue weighted by Gasteiger charge is 2.08. The van der Waals surface area contributed by atoms with Crippen LogP contribution in [0.25, 0.3) is 11.3 Å². The second kappa shape index (κ2) is 7.15. The Hall–Kier alpha value is -2.53. The van der Waals surface area contributed by atoms with Gasteiger partial charge in [-0.3, -0.25) is 9.78 Å². The van der Waals surface area contributed by atoms with Gasteiger partial charge in [0, 0.05) is 23.6 Å². The van der Waals surface area contributed by atoms with E-state index < -0.39 is 0 Å². The number of rotatable bonds is 5. The van der Waals surface area contributed by atoms with Gasteiger partial charge in [0.1, 0.15) is 5.76 Å². The fraction of sp³-hybridized carbons (Fsp3) is 0.111. The molecule has 0 atom stereocenters. The van der Waals surface area contributed by atoms with Crippen molar-refractivity contribution < 1.29 is 9.21 Å². The van der Waals surface area contributed by atoms with Crippen LogP contribution in [-0.4, -0.2) is 16.6 Å². The summed E-state index contributed by atoms with van der Waals surface area (Å²) in [6.07, 6.45) is 3.44. The largest absolute Gasteiger partial charge is 0.450 e. The number of hydrogen-bond acceptors (Lipinski definition) is 4. The molecule has 3 rings (SSSR count). The van der Waals surface area contributed by atoms with Gasteiger partial charge in [-0.15, -0.1) is 0 Å². The summed E-state index contributed by atoms with van der Waals surface area (Å²) in [5.41, 5.74) is 2.94. The van der Waals surface area contributed by atoms with Crippen LogP contribution in [0.4, 0.5) is 5.69 Å². The third-order valence-electron chi connectivity index (χ3n) is 3.23. The van der Waals surface area contributed by atoms with Crippen molar-refractivity contribution in [3.05, 3.63) is 66.5 Å². The first-order valence-corrected chi connectivity index (χ1v) is 8.19. The number of pyridine rings is 1. The molecule has 0 fully saturated rings. The molecule has 0 saturated heterocycles. The van der Waals surface area contributed by atoms with E-state index in [-0.39, 0.29) is 5.91 Å². The number of amides is 1. The van der Waals surface area contributed by atoms with Crippen LogP contribution in [0.2, 0.25) is 0 Å². The molecule has 5 heteroatoms. The lowest BCUT2D eigenvalue weighted by molar-refractivity contribution is -0.113. The molecule has 0 aliphatic rings. The fourth-order valence-electron chi connectivity index (χ4n) is 2.04. The molecule has 0 saturated carbocycles. The summed E-state index contributed by atoms with van der Waals surface area (Å²) in [6.45, 7) is 2.01. The van der Waals surface area contributed by atoms with Crippen molar-refractivity contribution in [3.8, 4) is 11.3 Å². The number of benzene rings is 1. The van der Waals surface area contributed by atoms with E-state index >= 15 is 0 Å². The van der Waals surface area contributed by atoms with E-state index in [1.54, 1.807) is 12.4 Å². The van der Waals surface area contributed by atoms with Gasteiger partial charge < -0.3 is 9.73 Å². The number of hydrogen-bond donors (Lipinski definition) is 1. The highest BCUT2D eigenvalue weighted by atomic mass is 32.2. The average molecular weight is 324 g/mol. The molecule has 2 heterocycles. The molecule has 0 bridgehead atoms. The van der Waals surface area contributed by atoms with E-state index in [4.69, 9.17) is 4.42 Å². The summed E-state index contributed by atoms with van der Waals surface area (Å²) in [5.74, 6) is 1.02. The Kier molecular flexibility index (Phi) is 4.78. The quantitative estimate of drug-likeness (QED) is 0.708. The van der Waals surface area contributed by atoms with Crippen LogP contribution in [0.15, 0.2) is 70.4 Å². The molecule has 1 amide bonds. The Morgan fingerprint density at radius 1 is 1.09 bits per heavy atom. The minimum absolute atomic E-state index is 0.0549. The second-order valence-electron chi connectivity index (χ2n) is 5.06. The van der Waals surface area contributed by atoms with Gasteiger partial charge in [0.2, 0.25) is 5.91 Å². The summed E-state index contributed by atoms with van der Waals surface area (Å²) < 4.78 is 5.74. The first-order chi connectivity index (χ1) is 11.2. The minimum Gasteiger partial charge on any atom is -0.450 e. The lowest BCUT2D eigenvalue weighted by Crippen LogP contribution is -2.13. The number of aromatic nitrogens is 1. The number of nitrogens with zero attached hydrogens (tertiary/aromatic N) is 1. The highest BCUT2D eigenvalue weighted by Crippen LogP contribution is 2.27. The zero-order valence-electron chi connectivity index (χ0n) is 12.7. The van der Waals surface area contributed by atoms with Crippen LogP contribution in [-0.2, 0) is 4.79 Å². The topological polar surface area (TPSA) is 55.1 Å². The number of thioether (sulfide) groups is 1. The van der Waals surface area contributed by atoms with Crippen molar-refractivity contribution in [2.24, 2.45) is 0 Å². The number of carbonyl (C=O) groups excluding carboxylic acids is 1. The van der Waals surface area contributed by atoms with Crippen molar-refractivity contribution in [1.82, 2.24) is 4.98 Å². The number of nitrogens with one attached hydrogen (secondary N) is 1. The van der Waals surface area contributed by atoms with Crippen molar-refractivity contribution >= 4 is 23.4 Å². The predicted octanol–water partition coefficient (Wildman–Crippen LogP) is 4.38. The van der Waals surface area contributed by atoms with Crippen molar-refractivity contribution in [2.75, 3.05) is 11.1 Å². The monoisotopic (exact) mass is 324 g/mol. The second-order valence-corrected chi connectivity index (χ2v) is 6.04.